The average molecular weight is 286 g/mol. The maximum Gasteiger partial charge on any atom is 0.453 e. The molecule has 0 bridgehead atoms. The molecule has 100 valence electrons. The van der Waals surface area contributed by atoms with Gasteiger partial charge in [-0.2, -0.15) is 22.9 Å². The Kier molecular flexibility index (Phi) is 3.52. The summed E-state index contributed by atoms with van der Waals surface area (Å²) in [6.07, 6.45) is -3.31. The van der Waals surface area contributed by atoms with E-state index in [0.29, 0.717) is 10.2 Å². The first-order chi connectivity index (χ1) is 8.88. The van der Waals surface area contributed by atoms with E-state index < -0.39 is 12.0 Å². The molecule has 0 fully saturated rings. The van der Waals surface area contributed by atoms with Crippen LogP contribution < -0.4 is 0 Å². The molecule has 1 aromatic heterocycles. The van der Waals surface area contributed by atoms with Crippen LogP contribution in [0.25, 0.3) is 0 Å². The molecule has 0 aliphatic rings. The maximum absolute atomic E-state index is 12.6. The SMILES string of the molecule is Cc1cccc(/C=N\n2c(C(F)(F)F)n[nH]c2=S)c1. The van der Waals surface area contributed by atoms with Crippen molar-refractivity contribution < 1.29 is 13.2 Å². The summed E-state index contributed by atoms with van der Waals surface area (Å²) in [5.74, 6) is -1.18. The molecular weight excluding hydrogens is 277 g/mol. The Balaban J connectivity index is 2.39. The molecule has 4 nitrogen and oxygen atoms in total. The van der Waals surface area contributed by atoms with E-state index in [-0.39, 0.29) is 4.77 Å². The van der Waals surface area contributed by atoms with Crippen LogP contribution in [0.1, 0.15) is 17.0 Å². The van der Waals surface area contributed by atoms with Gasteiger partial charge < -0.3 is 0 Å². The number of aromatic amines is 1. The van der Waals surface area contributed by atoms with Crippen LogP contribution in [-0.2, 0) is 6.18 Å². The van der Waals surface area contributed by atoms with Crippen LogP contribution in [-0.4, -0.2) is 21.1 Å². The minimum Gasteiger partial charge on any atom is -0.250 e. The average Bonchev–Trinajstić information content (AvgIpc) is 2.68. The zero-order valence-electron chi connectivity index (χ0n) is 9.77. The van der Waals surface area contributed by atoms with Gasteiger partial charge in [-0.3, -0.25) is 0 Å². The van der Waals surface area contributed by atoms with Gasteiger partial charge in [0.25, 0.3) is 5.82 Å². The highest BCUT2D eigenvalue weighted by Gasteiger charge is 2.37. The van der Waals surface area contributed by atoms with Crippen LogP contribution >= 0.6 is 12.2 Å². The van der Waals surface area contributed by atoms with Gasteiger partial charge in [-0.25, -0.2) is 5.10 Å². The maximum atomic E-state index is 12.6. The number of H-pyrrole nitrogens is 1. The van der Waals surface area contributed by atoms with Crippen LogP contribution in [0.2, 0.25) is 0 Å². The molecule has 2 aromatic rings. The third-order valence-corrected chi connectivity index (χ3v) is 2.53. The summed E-state index contributed by atoms with van der Waals surface area (Å²) in [6, 6.07) is 7.19. The number of nitrogens with one attached hydrogen (secondary N) is 1. The summed E-state index contributed by atoms with van der Waals surface area (Å²) >= 11 is 4.71. The zero-order valence-corrected chi connectivity index (χ0v) is 10.6. The molecule has 2 rings (SSSR count). The van der Waals surface area contributed by atoms with Crippen LogP contribution in [0, 0.1) is 11.7 Å². The number of benzene rings is 1. The Labute approximate surface area is 111 Å². The van der Waals surface area contributed by atoms with Crippen molar-refractivity contribution in [2.45, 2.75) is 13.1 Å². The topological polar surface area (TPSA) is 46.0 Å². The monoisotopic (exact) mass is 286 g/mol. The Hall–Kier alpha value is -1.96. The molecule has 0 aliphatic heterocycles. The van der Waals surface area contributed by atoms with Gasteiger partial charge in [0, 0.05) is 0 Å². The summed E-state index contributed by atoms with van der Waals surface area (Å²) in [4.78, 5) is 0. The van der Waals surface area contributed by atoms with Crippen molar-refractivity contribution in [1.82, 2.24) is 14.9 Å². The van der Waals surface area contributed by atoms with E-state index in [1.54, 1.807) is 18.2 Å². The molecule has 0 spiro atoms. The first-order valence-electron chi connectivity index (χ1n) is 5.23. The molecule has 19 heavy (non-hydrogen) atoms. The van der Waals surface area contributed by atoms with Gasteiger partial charge in [-0.1, -0.05) is 29.8 Å². The molecule has 0 radical (unpaired) electrons. The second-order valence-corrected chi connectivity index (χ2v) is 4.21. The Morgan fingerprint density at radius 2 is 2.16 bits per heavy atom. The van der Waals surface area contributed by atoms with Gasteiger partial charge in [0.05, 0.1) is 6.21 Å². The van der Waals surface area contributed by atoms with Crippen LogP contribution in [0.15, 0.2) is 29.4 Å². The van der Waals surface area contributed by atoms with E-state index in [2.05, 4.69) is 15.3 Å². The van der Waals surface area contributed by atoms with Gasteiger partial charge in [-0.15, -0.1) is 5.10 Å². The second kappa shape index (κ2) is 4.96. The highest BCUT2D eigenvalue weighted by atomic mass is 32.1. The van der Waals surface area contributed by atoms with Gasteiger partial charge in [0.2, 0.25) is 4.77 Å². The van der Waals surface area contributed by atoms with Gasteiger partial charge in [0.1, 0.15) is 0 Å². The first kappa shape index (κ1) is 13.5. The molecule has 1 aromatic carbocycles. The predicted molar refractivity (Wildman–Crippen MR) is 66.6 cm³/mol. The normalized spacial score (nSPS) is 12.2. The second-order valence-electron chi connectivity index (χ2n) is 3.82. The van der Waals surface area contributed by atoms with E-state index in [4.69, 9.17) is 12.2 Å². The number of alkyl halides is 3. The van der Waals surface area contributed by atoms with E-state index in [1.807, 2.05) is 13.0 Å². The fourth-order valence-corrected chi connectivity index (χ4v) is 1.64. The van der Waals surface area contributed by atoms with Crippen LogP contribution in [0.3, 0.4) is 0 Å². The summed E-state index contributed by atoms with van der Waals surface area (Å²) < 4.78 is 38.2. The van der Waals surface area contributed by atoms with Crippen molar-refractivity contribution in [2.24, 2.45) is 5.10 Å². The third-order valence-electron chi connectivity index (χ3n) is 2.27. The van der Waals surface area contributed by atoms with E-state index >= 15 is 0 Å². The molecule has 8 heteroatoms. The Morgan fingerprint density at radius 1 is 1.42 bits per heavy atom. The molecule has 0 unspecified atom stereocenters. The van der Waals surface area contributed by atoms with Gasteiger partial charge in [-0.05, 0) is 24.7 Å². The zero-order chi connectivity index (χ0) is 14.0. The lowest BCUT2D eigenvalue weighted by atomic mass is 10.2. The molecule has 0 aliphatic carbocycles. The van der Waals surface area contributed by atoms with Crippen molar-refractivity contribution in [3.8, 4) is 0 Å². The number of hydrogen-bond acceptors (Lipinski definition) is 3. The molecular formula is C11H9F3N4S. The predicted octanol–water partition coefficient (Wildman–Crippen LogP) is 3.15. The van der Waals surface area contributed by atoms with E-state index in [1.165, 1.54) is 6.21 Å². The standard InChI is InChI=1S/C11H9F3N4S/c1-7-3-2-4-8(5-7)6-15-18-9(11(12,13)14)16-17-10(18)19/h2-6H,1H3,(H,17,19)/b15-6-. The van der Waals surface area contributed by atoms with Crippen molar-refractivity contribution in [3.63, 3.8) is 0 Å². The number of hydrogen-bond donors (Lipinski definition) is 1. The molecule has 0 saturated heterocycles. The van der Waals surface area contributed by atoms with Gasteiger partial charge >= 0.3 is 6.18 Å². The quantitative estimate of drug-likeness (QED) is 0.681. The fourth-order valence-electron chi connectivity index (χ4n) is 1.46. The Bertz CT molecular complexity index is 669. The van der Waals surface area contributed by atoms with Crippen LogP contribution in [0.5, 0.6) is 0 Å². The number of halogens is 3. The fraction of sp³-hybridized carbons (Fsp3) is 0.182. The highest BCUT2D eigenvalue weighted by Crippen LogP contribution is 2.27. The van der Waals surface area contributed by atoms with E-state index in [0.717, 1.165) is 5.56 Å². The molecule has 1 heterocycles. The number of nitrogens with zero attached hydrogens (tertiary/aromatic N) is 3. The van der Waals surface area contributed by atoms with Crippen LogP contribution in [0.4, 0.5) is 13.2 Å². The summed E-state index contributed by atoms with van der Waals surface area (Å²) in [6.45, 7) is 1.88. The van der Waals surface area contributed by atoms with Crippen molar-refractivity contribution >= 4 is 18.4 Å². The van der Waals surface area contributed by atoms with Crippen molar-refractivity contribution in [2.75, 3.05) is 0 Å². The lowest BCUT2D eigenvalue weighted by Crippen LogP contribution is -2.12. The molecule has 0 amide bonds. The molecule has 0 saturated carbocycles. The highest BCUT2D eigenvalue weighted by molar-refractivity contribution is 7.71. The summed E-state index contributed by atoms with van der Waals surface area (Å²) in [5, 5.41) is 8.91. The van der Waals surface area contributed by atoms with Gasteiger partial charge in [0.15, 0.2) is 0 Å². The third kappa shape index (κ3) is 3.08. The number of aryl methyl sites for hydroxylation is 1. The molecule has 1 N–H and O–H groups in total. The summed E-state index contributed by atoms with van der Waals surface area (Å²) in [7, 11) is 0. The lowest BCUT2D eigenvalue weighted by molar-refractivity contribution is -0.147. The Morgan fingerprint density at radius 3 is 2.79 bits per heavy atom. The molecule has 0 atom stereocenters. The largest absolute Gasteiger partial charge is 0.453 e. The number of aromatic nitrogens is 3. The lowest BCUT2D eigenvalue weighted by Gasteiger charge is -2.04. The van der Waals surface area contributed by atoms with E-state index in [9.17, 15) is 13.2 Å². The number of rotatable bonds is 2. The first-order valence-corrected chi connectivity index (χ1v) is 5.64. The van der Waals surface area contributed by atoms with Crippen molar-refractivity contribution in [1.29, 1.82) is 0 Å². The minimum atomic E-state index is -4.61. The summed E-state index contributed by atoms with van der Waals surface area (Å²) in [5.41, 5.74) is 1.66. The smallest absolute Gasteiger partial charge is 0.250 e. The minimum absolute atomic E-state index is 0.212. The van der Waals surface area contributed by atoms with Crippen molar-refractivity contribution in [3.05, 3.63) is 46.0 Å².